The van der Waals surface area contributed by atoms with Crippen molar-refractivity contribution in [3.05, 3.63) is 23.5 Å². The van der Waals surface area contributed by atoms with Gasteiger partial charge in [0, 0.05) is 31.5 Å². The second-order valence-electron chi connectivity index (χ2n) is 3.65. The van der Waals surface area contributed by atoms with Gasteiger partial charge in [-0.05, 0) is 18.9 Å². The van der Waals surface area contributed by atoms with Gasteiger partial charge in [-0.3, -0.25) is 4.98 Å². The SMILES string of the molecule is NC1CCN(c2ccncc2Cl)CC1. The summed E-state index contributed by atoms with van der Waals surface area (Å²) in [5.41, 5.74) is 6.92. The van der Waals surface area contributed by atoms with E-state index in [1.165, 1.54) is 0 Å². The van der Waals surface area contributed by atoms with E-state index in [2.05, 4.69) is 9.88 Å². The molecule has 1 saturated heterocycles. The first-order valence-corrected chi connectivity index (χ1v) is 5.25. The number of nitrogens with two attached hydrogens (primary N) is 1. The predicted octanol–water partition coefficient (Wildman–Crippen LogP) is 1.66. The highest BCUT2D eigenvalue weighted by molar-refractivity contribution is 6.33. The minimum absolute atomic E-state index is 0.354. The third kappa shape index (κ3) is 1.99. The molecule has 1 aliphatic rings. The number of nitrogens with zero attached hydrogens (tertiary/aromatic N) is 2. The van der Waals surface area contributed by atoms with Gasteiger partial charge in [-0.2, -0.15) is 0 Å². The molecule has 0 aromatic carbocycles. The largest absolute Gasteiger partial charge is 0.370 e. The van der Waals surface area contributed by atoms with Gasteiger partial charge in [-0.15, -0.1) is 0 Å². The lowest BCUT2D eigenvalue weighted by Gasteiger charge is -2.32. The Morgan fingerprint density at radius 3 is 2.79 bits per heavy atom. The number of rotatable bonds is 1. The van der Waals surface area contributed by atoms with Crippen molar-refractivity contribution >= 4 is 17.3 Å². The summed E-state index contributed by atoms with van der Waals surface area (Å²) >= 11 is 6.06. The van der Waals surface area contributed by atoms with E-state index in [-0.39, 0.29) is 0 Å². The van der Waals surface area contributed by atoms with Crippen LogP contribution in [0.1, 0.15) is 12.8 Å². The third-order valence-corrected chi connectivity index (χ3v) is 2.92. The van der Waals surface area contributed by atoms with Crippen LogP contribution < -0.4 is 10.6 Å². The van der Waals surface area contributed by atoms with Crippen molar-refractivity contribution in [1.29, 1.82) is 0 Å². The summed E-state index contributed by atoms with van der Waals surface area (Å²) in [4.78, 5) is 6.24. The van der Waals surface area contributed by atoms with Gasteiger partial charge in [0.1, 0.15) is 0 Å². The maximum absolute atomic E-state index is 6.06. The van der Waals surface area contributed by atoms with Crippen LogP contribution in [0.2, 0.25) is 5.02 Å². The summed E-state index contributed by atoms with van der Waals surface area (Å²) in [6.07, 6.45) is 5.54. The molecule has 76 valence electrons. The fourth-order valence-electron chi connectivity index (χ4n) is 1.76. The van der Waals surface area contributed by atoms with Gasteiger partial charge in [-0.25, -0.2) is 0 Å². The van der Waals surface area contributed by atoms with Gasteiger partial charge >= 0.3 is 0 Å². The van der Waals surface area contributed by atoms with Crippen molar-refractivity contribution in [2.75, 3.05) is 18.0 Å². The highest BCUT2D eigenvalue weighted by Gasteiger charge is 2.17. The molecule has 2 rings (SSSR count). The fourth-order valence-corrected chi connectivity index (χ4v) is 2.00. The Kier molecular flexibility index (Phi) is 2.89. The number of piperidine rings is 1. The van der Waals surface area contributed by atoms with Crippen molar-refractivity contribution in [3.63, 3.8) is 0 Å². The highest BCUT2D eigenvalue weighted by atomic mass is 35.5. The molecule has 1 fully saturated rings. The van der Waals surface area contributed by atoms with Crippen LogP contribution in [0, 0.1) is 0 Å². The first-order valence-electron chi connectivity index (χ1n) is 4.87. The monoisotopic (exact) mass is 211 g/mol. The second-order valence-corrected chi connectivity index (χ2v) is 4.06. The van der Waals surface area contributed by atoms with E-state index >= 15 is 0 Å². The molecule has 0 unspecified atom stereocenters. The van der Waals surface area contributed by atoms with Crippen molar-refractivity contribution < 1.29 is 0 Å². The number of anilines is 1. The van der Waals surface area contributed by atoms with Crippen LogP contribution in [0.15, 0.2) is 18.5 Å². The predicted molar refractivity (Wildman–Crippen MR) is 58.7 cm³/mol. The maximum atomic E-state index is 6.06. The average molecular weight is 212 g/mol. The lowest BCUT2D eigenvalue weighted by atomic mass is 10.1. The van der Waals surface area contributed by atoms with E-state index in [4.69, 9.17) is 17.3 Å². The van der Waals surface area contributed by atoms with Crippen LogP contribution >= 0.6 is 11.6 Å². The molecule has 1 aromatic rings. The summed E-state index contributed by atoms with van der Waals surface area (Å²) in [6, 6.07) is 2.31. The zero-order valence-corrected chi connectivity index (χ0v) is 8.74. The first-order chi connectivity index (χ1) is 6.77. The molecule has 0 bridgehead atoms. The summed E-state index contributed by atoms with van der Waals surface area (Å²) in [5.74, 6) is 0. The molecule has 0 spiro atoms. The van der Waals surface area contributed by atoms with Crippen LogP contribution in [0.4, 0.5) is 5.69 Å². The molecule has 14 heavy (non-hydrogen) atoms. The number of hydrogen-bond donors (Lipinski definition) is 1. The normalized spacial score (nSPS) is 18.6. The van der Waals surface area contributed by atoms with Crippen molar-refractivity contribution in [2.24, 2.45) is 5.73 Å². The molecule has 3 nitrogen and oxygen atoms in total. The van der Waals surface area contributed by atoms with Crippen LogP contribution in [0.3, 0.4) is 0 Å². The van der Waals surface area contributed by atoms with Crippen LogP contribution in [-0.4, -0.2) is 24.1 Å². The molecular formula is C10H14ClN3. The first kappa shape index (κ1) is 9.74. The Morgan fingerprint density at radius 1 is 1.43 bits per heavy atom. The van der Waals surface area contributed by atoms with Crippen LogP contribution in [0.25, 0.3) is 0 Å². The topological polar surface area (TPSA) is 42.1 Å². The molecule has 0 aliphatic carbocycles. The van der Waals surface area contributed by atoms with Crippen molar-refractivity contribution in [3.8, 4) is 0 Å². The third-order valence-electron chi connectivity index (χ3n) is 2.63. The number of hydrogen-bond acceptors (Lipinski definition) is 3. The smallest absolute Gasteiger partial charge is 0.0822 e. The van der Waals surface area contributed by atoms with E-state index in [9.17, 15) is 0 Å². The minimum atomic E-state index is 0.354. The average Bonchev–Trinajstić information content (AvgIpc) is 2.20. The number of aromatic nitrogens is 1. The molecule has 0 amide bonds. The lowest BCUT2D eigenvalue weighted by molar-refractivity contribution is 0.501. The van der Waals surface area contributed by atoms with Crippen molar-refractivity contribution in [2.45, 2.75) is 18.9 Å². The van der Waals surface area contributed by atoms with Gasteiger partial charge in [0.05, 0.1) is 10.7 Å². The Hall–Kier alpha value is -0.800. The molecule has 2 heterocycles. The lowest BCUT2D eigenvalue weighted by Crippen LogP contribution is -2.39. The Labute approximate surface area is 88.9 Å². The van der Waals surface area contributed by atoms with Crippen LogP contribution in [-0.2, 0) is 0 Å². The number of pyridine rings is 1. The Morgan fingerprint density at radius 2 is 2.14 bits per heavy atom. The van der Waals surface area contributed by atoms with Gasteiger partial charge in [0.15, 0.2) is 0 Å². The van der Waals surface area contributed by atoms with Crippen molar-refractivity contribution in [1.82, 2.24) is 4.98 Å². The molecule has 2 N–H and O–H groups in total. The Balaban J connectivity index is 2.12. The zero-order valence-electron chi connectivity index (χ0n) is 7.99. The molecule has 0 atom stereocenters. The highest BCUT2D eigenvalue weighted by Crippen LogP contribution is 2.26. The quantitative estimate of drug-likeness (QED) is 0.769. The van der Waals surface area contributed by atoms with E-state index in [0.717, 1.165) is 36.6 Å². The van der Waals surface area contributed by atoms with Crippen LogP contribution in [0.5, 0.6) is 0 Å². The molecule has 4 heteroatoms. The molecule has 0 radical (unpaired) electrons. The summed E-state index contributed by atoms with van der Waals surface area (Å²) in [6.45, 7) is 1.98. The van der Waals surface area contributed by atoms with E-state index in [1.807, 2.05) is 6.07 Å². The van der Waals surface area contributed by atoms with E-state index in [0.29, 0.717) is 6.04 Å². The number of halogens is 1. The van der Waals surface area contributed by atoms with Gasteiger partial charge in [-0.1, -0.05) is 11.6 Å². The summed E-state index contributed by atoms with van der Waals surface area (Å²) in [7, 11) is 0. The second kappa shape index (κ2) is 4.15. The van der Waals surface area contributed by atoms with Gasteiger partial charge in [0.2, 0.25) is 0 Å². The molecular weight excluding hydrogens is 198 g/mol. The summed E-state index contributed by atoms with van der Waals surface area (Å²) < 4.78 is 0. The standard InChI is InChI=1S/C10H14ClN3/c11-9-7-13-4-1-10(9)14-5-2-8(12)3-6-14/h1,4,7-8H,2-3,5-6,12H2. The Bertz CT molecular complexity index is 308. The molecule has 1 aromatic heterocycles. The zero-order chi connectivity index (χ0) is 9.97. The summed E-state index contributed by atoms with van der Waals surface area (Å²) in [5, 5.41) is 0.725. The molecule has 0 saturated carbocycles. The van der Waals surface area contributed by atoms with Gasteiger partial charge < -0.3 is 10.6 Å². The molecule has 1 aliphatic heterocycles. The fraction of sp³-hybridized carbons (Fsp3) is 0.500. The van der Waals surface area contributed by atoms with E-state index in [1.54, 1.807) is 12.4 Å². The van der Waals surface area contributed by atoms with E-state index < -0.39 is 0 Å². The maximum Gasteiger partial charge on any atom is 0.0822 e. The van der Waals surface area contributed by atoms with Gasteiger partial charge in [0.25, 0.3) is 0 Å². The minimum Gasteiger partial charge on any atom is -0.370 e.